The number of thiocarbonyl (C=S) groups is 1. The lowest BCUT2D eigenvalue weighted by atomic mass is 10.1. The second-order valence-electron chi connectivity index (χ2n) is 6.37. The summed E-state index contributed by atoms with van der Waals surface area (Å²) in [4.78, 5) is 26.2. The maximum Gasteiger partial charge on any atom is 0.407 e. The van der Waals surface area contributed by atoms with E-state index in [0.29, 0.717) is 18.1 Å². The number of hydrogen-bond donors (Lipinski definition) is 1. The van der Waals surface area contributed by atoms with Crippen LogP contribution in [0.5, 0.6) is 0 Å². The van der Waals surface area contributed by atoms with Gasteiger partial charge in [0, 0.05) is 19.1 Å². The van der Waals surface area contributed by atoms with Gasteiger partial charge in [-0.05, 0) is 45.8 Å². The lowest BCUT2D eigenvalue weighted by molar-refractivity contribution is 0.0500. The Morgan fingerprint density at radius 1 is 1.57 bits per heavy atom. The van der Waals surface area contributed by atoms with E-state index in [1.165, 1.54) is 6.33 Å². The summed E-state index contributed by atoms with van der Waals surface area (Å²) in [6, 6.07) is -0.00197. The summed E-state index contributed by atoms with van der Waals surface area (Å²) < 4.78 is 5.31. The Balaban J connectivity index is 2.04. The Morgan fingerprint density at radius 2 is 2.35 bits per heavy atom. The minimum atomic E-state index is -0.508. The number of piperidine rings is 1. The van der Waals surface area contributed by atoms with Crippen molar-refractivity contribution in [2.24, 2.45) is 4.99 Å². The summed E-state index contributed by atoms with van der Waals surface area (Å²) in [6.45, 7) is 7.00. The van der Waals surface area contributed by atoms with E-state index >= 15 is 0 Å². The Hall–Kier alpha value is -2.05. The fourth-order valence-corrected chi connectivity index (χ4v) is 2.55. The van der Waals surface area contributed by atoms with Crippen molar-refractivity contribution in [2.45, 2.75) is 45.3 Å². The number of aliphatic imine (C=N–C) groups is 1. The maximum atomic E-state index is 11.9. The predicted molar refractivity (Wildman–Crippen MR) is 91.3 cm³/mol. The van der Waals surface area contributed by atoms with Crippen LogP contribution in [-0.4, -0.2) is 46.0 Å². The lowest BCUT2D eigenvalue weighted by Gasteiger charge is -2.34. The minimum Gasteiger partial charge on any atom is -0.444 e. The summed E-state index contributed by atoms with van der Waals surface area (Å²) in [7, 11) is 0. The molecule has 1 unspecified atom stereocenters. The average Bonchev–Trinajstić information content (AvgIpc) is 2.46. The van der Waals surface area contributed by atoms with Crippen molar-refractivity contribution in [3.63, 3.8) is 0 Å². The first-order valence-corrected chi connectivity index (χ1v) is 7.92. The van der Waals surface area contributed by atoms with Crippen LogP contribution in [0.2, 0.25) is 0 Å². The largest absolute Gasteiger partial charge is 0.444 e. The van der Waals surface area contributed by atoms with Crippen molar-refractivity contribution in [3.05, 3.63) is 12.5 Å². The van der Waals surface area contributed by atoms with E-state index in [0.717, 1.165) is 19.4 Å². The molecule has 1 amide bonds. The van der Waals surface area contributed by atoms with Crippen molar-refractivity contribution in [3.8, 4) is 0 Å². The fraction of sp³-hybridized carbons (Fsp3) is 0.600. The van der Waals surface area contributed by atoms with E-state index in [9.17, 15) is 4.79 Å². The first-order chi connectivity index (χ1) is 10.9. The molecule has 2 rings (SSSR count). The molecule has 1 aliphatic heterocycles. The van der Waals surface area contributed by atoms with Crippen LogP contribution in [0.3, 0.4) is 0 Å². The highest BCUT2D eigenvalue weighted by Crippen LogP contribution is 2.27. The van der Waals surface area contributed by atoms with Crippen molar-refractivity contribution in [1.82, 2.24) is 15.3 Å². The van der Waals surface area contributed by atoms with Crippen LogP contribution < -0.4 is 10.2 Å². The molecule has 1 atom stereocenters. The van der Waals surface area contributed by atoms with Crippen LogP contribution >= 0.6 is 12.2 Å². The number of aromatic nitrogens is 2. The van der Waals surface area contributed by atoms with E-state index in [1.54, 1.807) is 6.20 Å². The highest BCUT2D eigenvalue weighted by Gasteiger charge is 2.26. The molecule has 1 aromatic heterocycles. The molecule has 1 N–H and O–H groups in total. The van der Waals surface area contributed by atoms with Crippen molar-refractivity contribution in [1.29, 1.82) is 0 Å². The number of nitrogens with one attached hydrogen (secondary N) is 1. The molecule has 0 spiro atoms. The molecule has 124 valence electrons. The number of anilines is 1. The molecule has 0 radical (unpaired) electrons. The van der Waals surface area contributed by atoms with Gasteiger partial charge in [0.05, 0.1) is 11.4 Å². The molecule has 2 heterocycles. The SMILES string of the molecule is CC(C)(C)OC(=O)NC1CCCN(c2ncncc2N=C=S)C1. The summed E-state index contributed by atoms with van der Waals surface area (Å²) >= 11 is 4.66. The first kappa shape index (κ1) is 17.3. The molecule has 23 heavy (non-hydrogen) atoms. The summed E-state index contributed by atoms with van der Waals surface area (Å²) in [6.07, 6.45) is 4.51. The minimum absolute atomic E-state index is 0.00197. The summed E-state index contributed by atoms with van der Waals surface area (Å²) in [5, 5.41) is 5.26. The van der Waals surface area contributed by atoms with Gasteiger partial charge in [-0.2, -0.15) is 4.99 Å². The average molecular weight is 335 g/mol. The molecule has 1 aromatic rings. The first-order valence-electron chi connectivity index (χ1n) is 7.51. The molecule has 1 aliphatic rings. The Labute approximate surface area is 141 Å². The van der Waals surface area contributed by atoms with E-state index in [2.05, 4.69) is 42.6 Å². The lowest BCUT2D eigenvalue weighted by Crippen LogP contribution is -2.49. The normalized spacial score (nSPS) is 18.0. The van der Waals surface area contributed by atoms with Gasteiger partial charge in [-0.25, -0.2) is 14.8 Å². The van der Waals surface area contributed by atoms with Gasteiger partial charge in [-0.15, -0.1) is 0 Å². The molecule has 0 bridgehead atoms. The number of rotatable bonds is 3. The third-order valence-electron chi connectivity index (χ3n) is 3.28. The molecule has 8 heteroatoms. The zero-order valence-electron chi connectivity index (χ0n) is 13.6. The van der Waals surface area contributed by atoms with Gasteiger partial charge in [-0.3, -0.25) is 0 Å². The molecule has 0 aliphatic carbocycles. The number of isothiocyanates is 1. The van der Waals surface area contributed by atoms with E-state index in [-0.39, 0.29) is 6.04 Å². The molecule has 0 saturated carbocycles. The standard InChI is InChI=1S/C15H21N5O2S/c1-15(2,3)22-14(21)19-11-5-4-6-20(8-11)13-12(18-10-23)7-16-9-17-13/h7,9,11H,4-6,8H2,1-3H3,(H,19,21). The van der Waals surface area contributed by atoms with Gasteiger partial charge in [0.2, 0.25) is 0 Å². The van der Waals surface area contributed by atoms with E-state index in [1.807, 2.05) is 20.8 Å². The third-order valence-corrected chi connectivity index (χ3v) is 3.37. The van der Waals surface area contributed by atoms with Crippen molar-refractivity contribution in [2.75, 3.05) is 18.0 Å². The van der Waals surface area contributed by atoms with Gasteiger partial charge in [0.1, 0.15) is 17.6 Å². The van der Waals surface area contributed by atoms with Crippen LogP contribution in [0.1, 0.15) is 33.6 Å². The smallest absolute Gasteiger partial charge is 0.407 e. The monoisotopic (exact) mass is 335 g/mol. The number of nitrogens with zero attached hydrogens (tertiary/aromatic N) is 4. The van der Waals surface area contributed by atoms with Crippen LogP contribution in [0, 0.1) is 0 Å². The molecule has 1 saturated heterocycles. The van der Waals surface area contributed by atoms with E-state index < -0.39 is 11.7 Å². The molecular formula is C15H21N5O2S. The third kappa shape index (κ3) is 5.26. The highest BCUT2D eigenvalue weighted by molar-refractivity contribution is 7.78. The Bertz CT molecular complexity index is 610. The van der Waals surface area contributed by atoms with Gasteiger partial charge >= 0.3 is 6.09 Å². The number of carbonyl (C=O) groups is 1. The summed E-state index contributed by atoms with van der Waals surface area (Å²) in [5.41, 5.74) is 0.0761. The molecule has 0 aromatic carbocycles. The van der Waals surface area contributed by atoms with Gasteiger partial charge < -0.3 is 15.0 Å². The number of amides is 1. The predicted octanol–water partition coefficient (Wildman–Crippen LogP) is 2.70. The topological polar surface area (TPSA) is 79.7 Å². The fourth-order valence-electron chi connectivity index (χ4n) is 2.45. The molecule has 7 nitrogen and oxygen atoms in total. The zero-order chi connectivity index (χ0) is 16.9. The Morgan fingerprint density at radius 3 is 3.04 bits per heavy atom. The quantitative estimate of drug-likeness (QED) is 0.676. The maximum absolute atomic E-state index is 11.9. The van der Waals surface area contributed by atoms with E-state index in [4.69, 9.17) is 4.74 Å². The number of ether oxygens (including phenoxy) is 1. The second-order valence-corrected chi connectivity index (χ2v) is 6.55. The van der Waals surface area contributed by atoms with Crippen LogP contribution in [-0.2, 0) is 4.74 Å². The second kappa shape index (κ2) is 7.48. The number of alkyl carbamates (subject to hydrolysis) is 1. The van der Waals surface area contributed by atoms with Crippen LogP contribution in [0.4, 0.5) is 16.3 Å². The molecular weight excluding hydrogens is 314 g/mol. The number of hydrogen-bond acceptors (Lipinski definition) is 7. The van der Waals surface area contributed by atoms with Crippen LogP contribution in [0.15, 0.2) is 17.5 Å². The van der Waals surface area contributed by atoms with Crippen molar-refractivity contribution < 1.29 is 9.53 Å². The van der Waals surface area contributed by atoms with Gasteiger partial charge in [-0.1, -0.05) is 0 Å². The van der Waals surface area contributed by atoms with Gasteiger partial charge in [0.15, 0.2) is 5.82 Å². The molecule has 1 fully saturated rings. The Kier molecular flexibility index (Phi) is 5.63. The van der Waals surface area contributed by atoms with Gasteiger partial charge in [0.25, 0.3) is 0 Å². The highest BCUT2D eigenvalue weighted by atomic mass is 32.1. The van der Waals surface area contributed by atoms with Crippen molar-refractivity contribution >= 4 is 35.0 Å². The zero-order valence-corrected chi connectivity index (χ0v) is 14.4. The summed E-state index contributed by atoms with van der Waals surface area (Å²) in [5.74, 6) is 0.702. The van der Waals surface area contributed by atoms with Crippen LogP contribution in [0.25, 0.3) is 0 Å². The number of carbonyl (C=O) groups excluding carboxylic acids is 1.